The number of anilines is 1. The molecule has 1 fully saturated rings. The van der Waals surface area contributed by atoms with Gasteiger partial charge in [-0.1, -0.05) is 25.0 Å². The van der Waals surface area contributed by atoms with Gasteiger partial charge in [-0.3, -0.25) is 4.99 Å². The summed E-state index contributed by atoms with van der Waals surface area (Å²) in [5, 5.41) is 0. The van der Waals surface area contributed by atoms with E-state index in [-0.39, 0.29) is 11.4 Å². The Morgan fingerprint density at radius 1 is 1.44 bits per heavy atom. The molecular formula is C14H18FN3. The van der Waals surface area contributed by atoms with Gasteiger partial charge in [-0.05, 0) is 31.4 Å². The molecule has 0 radical (unpaired) electrons. The molecule has 2 aliphatic rings. The zero-order valence-electron chi connectivity index (χ0n) is 10.6. The van der Waals surface area contributed by atoms with Crippen molar-refractivity contribution in [1.29, 1.82) is 0 Å². The zero-order valence-corrected chi connectivity index (χ0v) is 10.6. The van der Waals surface area contributed by atoms with E-state index < -0.39 is 0 Å². The zero-order chi connectivity index (χ0) is 12.8. The summed E-state index contributed by atoms with van der Waals surface area (Å²) in [4.78, 5) is 6.20. The molecule has 1 aromatic rings. The smallest absolute Gasteiger partial charge is 0.196 e. The Morgan fingerprint density at radius 2 is 2.17 bits per heavy atom. The summed E-state index contributed by atoms with van der Waals surface area (Å²) in [6.45, 7) is 2.78. The van der Waals surface area contributed by atoms with Crippen molar-refractivity contribution in [3.05, 3.63) is 30.1 Å². The fourth-order valence-electron chi connectivity index (χ4n) is 2.82. The van der Waals surface area contributed by atoms with Crippen molar-refractivity contribution in [3.8, 4) is 0 Å². The van der Waals surface area contributed by atoms with Gasteiger partial charge in [0.2, 0.25) is 0 Å². The first-order valence-corrected chi connectivity index (χ1v) is 6.45. The lowest BCUT2D eigenvalue weighted by molar-refractivity contribution is 0.431. The van der Waals surface area contributed by atoms with Crippen LogP contribution in [0.5, 0.6) is 0 Å². The Hall–Kier alpha value is -1.58. The molecule has 1 aromatic carbocycles. The number of nitrogens with zero attached hydrogens (tertiary/aromatic N) is 2. The second-order valence-electron chi connectivity index (χ2n) is 5.61. The number of guanidine groups is 1. The Morgan fingerprint density at radius 3 is 2.83 bits per heavy atom. The van der Waals surface area contributed by atoms with Crippen molar-refractivity contribution in [2.45, 2.75) is 31.7 Å². The molecule has 0 bridgehead atoms. The van der Waals surface area contributed by atoms with Gasteiger partial charge in [0.25, 0.3) is 0 Å². The van der Waals surface area contributed by atoms with E-state index in [4.69, 9.17) is 5.73 Å². The second kappa shape index (κ2) is 3.97. The van der Waals surface area contributed by atoms with Crippen molar-refractivity contribution in [2.75, 3.05) is 11.4 Å². The maximum Gasteiger partial charge on any atom is 0.196 e. The van der Waals surface area contributed by atoms with Gasteiger partial charge < -0.3 is 10.6 Å². The van der Waals surface area contributed by atoms with Gasteiger partial charge in [0, 0.05) is 0 Å². The fourth-order valence-corrected chi connectivity index (χ4v) is 2.82. The number of para-hydroxylation sites is 1. The maximum atomic E-state index is 14.0. The van der Waals surface area contributed by atoms with Crippen LogP contribution in [0.25, 0.3) is 0 Å². The topological polar surface area (TPSA) is 41.6 Å². The van der Waals surface area contributed by atoms with Crippen molar-refractivity contribution in [2.24, 2.45) is 16.6 Å². The minimum absolute atomic E-state index is 0.173. The average Bonchev–Trinajstić information content (AvgIpc) is 3.08. The standard InChI is InChI=1S/C14H18FN3/c1-14(8-10-6-7-10)9-17-13(16)18(14)12-5-3-2-4-11(12)15/h2-5,10H,6-9H2,1H3,(H2,16,17). The highest BCUT2D eigenvalue weighted by molar-refractivity contribution is 5.98. The van der Waals surface area contributed by atoms with Gasteiger partial charge in [-0.15, -0.1) is 0 Å². The summed E-state index contributed by atoms with van der Waals surface area (Å²) in [5.74, 6) is 0.952. The van der Waals surface area contributed by atoms with E-state index in [1.54, 1.807) is 12.1 Å². The minimum atomic E-state index is -0.237. The number of benzene rings is 1. The summed E-state index contributed by atoms with van der Waals surface area (Å²) in [6, 6.07) is 6.77. The molecule has 1 heterocycles. The van der Waals surface area contributed by atoms with Gasteiger partial charge in [0.05, 0.1) is 17.8 Å². The molecule has 3 rings (SSSR count). The lowest BCUT2D eigenvalue weighted by Crippen LogP contribution is -2.50. The molecule has 2 N–H and O–H groups in total. The van der Waals surface area contributed by atoms with E-state index in [0.29, 0.717) is 18.2 Å². The van der Waals surface area contributed by atoms with Crippen molar-refractivity contribution in [3.63, 3.8) is 0 Å². The van der Waals surface area contributed by atoms with Crippen LogP contribution in [0.4, 0.5) is 10.1 Å². The van der Waals surface area contributed by atoms with E-state index in [2.05, 4.69) is 11.9 Å². The van der Waals surface area contributed by atoms with Crippen LogP contribution in [0.1, 0.15) is 26.2 Å². The van der Waals surface area contributed by atoms with E-state index in [1.165, 1.54) is 18.9 Å². The van der Waals surface area contributed by atoms with Gasteiger partial charge in [-0.2, -0.15) is 0 Å². The molecule has 0 saturated heterocycles. The highest BCUT2D eigenvalue weighted by Crippen LogP contribution is 2.42. The van der Waals surface area contributed by atoms with Crippen LogP contribution in [0.2, 0.25) is 0 Å². The molecule has 96 valence electrons. The molecule has 1 aliphatic carbocycles. The first-order valence-electron chi connectivity index (χ1n) is 6.45. The Balaban J connectivity index is 1.96. The minimum Gasteiger partial charge on any atom is -0.369 e. The van der Waals surface area contributed by atoms with E-state index >= 15 is 0 Å². The summed E-state index contributed by atoms with van der Waals surface area (Å²) in [7, 11) is 0. The Bertz CT molecular complexity index is 496. The molecule has 1 atom stereocenters. The monoisotopic (exact) mass is 247 g/mol. The molecule has 1 saturated carbocycles. The average molecular weight is 247 g/mol. The number of rotatable bonds is 3. The van der Waals surface area contributed by atoms with Gasteiger partial charge in [0.1, 0.15) is 5.82 Å². The largest absolute Gasteiger partial charge is 0.369 e. The molecule has 0 spiro atoms. The molecule has 0 amide bonds. The van der Waals surface area contributed by atoms with Crippen LogP contribution in [-0.4, -0.2) is 18.0 Å². The van der Waals surface area contributed by atoms with Crippen LogP contribution in [-0.2, 0) is 0 Å². The number of hydrogen-bond acceptors (Lipinski definition) is 3. The number of nitrogens with two attached hydrogens (primary N) is 1. The number of hydrogen-bond donors (Lipinski definition) is 1. The molecule has 3 nitrogen and oxygen atoms in total. The predicted octanol–water partition coefficient (Wildman–Crippen LogP) is 2.52. The van der Waals surface area contributed by atoms with E-state index in [1.807, 2.05) is 11.0 Å². The second-order valence-corrected chi connectivity index (χ2v) is 5.61. The normalized spacial score (nSPS) is 27.4. The first kappa shape index (κ1) is 11.5. The van der Waals surface area contributed by atoms with Crippen LogP contribution >= 0.6 is 0 Å². The van der Waals surface area contributed by atoms with Crippen LogP contribution in [0.3, 0.4) is 0 Å². The van der Waals surface area contributed by atoms with Crippen molar-refractivity contribution < 1.29 is 4.39 Å². The highest BCUT2D eigenvalue weighted by atomic mass is 19.1. The Kier molecular flexibility index (Phi) is 2.54. The lowest BCUT2D eigenvalue weighted by atomic mass is 9.93. The third-order valence-electron chi connectivity index (χ3n) is 3.87. The van der Waals surface area contributed by atoms with Gasteiger partial charge in [-0.25, -0.2) is 4.39 Å². The lowest BCUT2D eigenvalue weighted by Gasteiger charge is -2.36. The summed E-state index contributed by atoms with van der Waals surface area (Å²) in [5.41, 5.74) is 6.33. The fraction of sp³-hybridized carbons (Fsp3) is 0.500. The molecule has 0 aromatic heterocycles. The van der Waals surface area contributed by atoms with Crippen LogP contribution < -0.4 is 10.6 Å². The highest BCUT2D eigenvalue weighted by Gasteiger charge is 2.43. The predicted molar refractivity (Wildman–Crippen MR) is 71.1 cm³/mol. The third-order valence-corrected chi connectivity index (χ3v) is 3.87. The van der Waals surface area contributed by atoms with E-state index in [9.17, 15) is 4.39 Å². The van der Waals surface area contributed by atoms with Crippen molar-refractivity contribution >= 4 is 11.6 Å². The molecule has 18 heavy (non-hydrogen) atoms. The summed E-state index contributed by atoms with van der Waals surface area (Å²) >= 11 is 0. The molecule has 1 unspecified atom stereocenters. The molecule has 1 aliphatic heterocycles. The molecular weight excluding hydrogens is 229 g/mol. The summed E-state index contributed by atoms with van der Waals surface area (Å²) in [6.07, 6.45) is 3.59. The van der Waals surface area contributed by atoms with Crippen molar-refractivity contribution in [1.82, 2.24) is 0 Å². The first-order chi connectivity index (χ1) is 8.60. The van der Waals surface area contributed by atoms with Crippen LogP contribution in [0.15, 0.2) is 29.3 Å². The number of halogens is 1. The SMILES string of the molecule is CC1(CC2CC2)CN=C(N)N1c1ccccc1F. The Labute approximate surface area is 106 Å². The van der Waals surface area contributed by atoms with Crippen LogP contribution in [0, 0.1) is 11.7 Å². The maximum absolute atomic E-state index is 14.0. The number of aliphatic imine (C=N–C) groups is 1. The van der Waals surface area contributed by atoms with Gasteiger partial charge in [0.15, 0.2) is 5.96 Å². The molecule has 4 heteroatoms. The third kappa shape index (κ3) is 1.85. The van der Waals surface area contributed by atoms with Gasteiger partial charge >= 0.3 is 0 Å². The quantitative estimate of drug-likeness (QED) is 0.891. The summed E-state index contributed by atoms with van der Waals surface area (Å²) < 4.78 is 14.0. The van der Waals surface area contributed by atoms with E-state index in [0.717, 1.165) is 12.3 Å².